The Kier molecular flexibility index (Phi) is 3.47. The molecule has 0 aliphatic carbocycles. The first-order valence-electron chi connectivity index (χ1n) is 4.79. The highest BCUT2D eigenvalue weighted by Crippen LogP contribution is 2.23. The fourth-order valence-electron chi connectivity index (χ4n) is 1.36. The van der Waals surface area contributed by atoms with Crippen molar-refractivity contribution in [1.29, 1.82) is 0 Å². The zero-order chi connectivity index (χ0) is 11.5. The summed E-state index contributed by atoms with van der Waals surface area (Å²) in [5.74, 6) is 0.827. The number of aryl methyl sites for hydroxylation is 1. The quantitative estimate of drug-likeness (QED) is 0.850. The maximum Gasteiger partial charge on any atom is 0.195 e. The van der Waals surface area contributed by atoms with E-state index < -0.39 is 0 Å². The van der Waals surface area contributed by atoms with Gasteiger partial charge in [0.05, 0.1) is 23.0 Å². The summed E-state index contributed by atoms with van der Waals surface area (Å²) in [6.45, 7) is 3.27. The van der Waals surface area contributed by atoms with E-state index in [1.807, 2.05) is 17.7 Å². The molecule has 16 heavy (non-hydrogen) atoms. The summed E-state index contributed by atoms with van der Waals surface area (Å²) in [6, 6.07) is 0. The molecule has 0 saturated heterocycles. The lowest BCUT2D eigenvalue weighted by Crippen LogP contribution is -2.05. The molecule has 0 spiro atoms. The van der Waals surface area contributed by atoms with Gasteiger partial charge in [-0.2, -0.15) is 5.10 Å². The molecule has 0 bridgehead atoms. The van der Waals surface area contributed by atoms with E-state index in [9.17, 15) is 0 Å². The first-order valence-corrected chi connectivity index (χ1v) is 6.02. The van der Waals surface area contributed by atoms with Gasteiger partial charge in [-0.05, 0) is 19.1 Å². The van der Waals surface area contributed by atoms with Crippen LogP contribution < -0.4 is 0 Å². The van der Waals surface area contributed by atoms with Crippen LogP contribution >= 0.6 is 23.6 Å². The minimum Gasteiger partial charge on any atom is -0.383 e. The molecule has 86 valence electrons. The number of nitrogens with one attached hydrogen (secondary N) is 1. The van der Waals surface area contributed by atoms with Crippen molar-refractivity contribution in [3.63, 3.8) is 0 Å². The molecule has 0 atom stereocenters. The molecule has 2 heterocycles. The van der Waals surface area contributed by atoms with Gasteiger partial charge in [-0.15, -0.1) is 11.3 Å². The van der Waals surface area contributed by atoms with Crippen molar-refractivity contribution >= 4 is 23.6 Å². The van der Waals surface area contributed by atoms with Gasteiger partial charge < -0.3 is 4.74 Å². The Bertz CT molecular complexity index is 528. The van der Waals surface area contributed by atoms with Crippen LogP contribution in [0.25, 0.3) is 10.7 Å². The van der Waals surface area contributed by atoms with Crippen molar-refractivity contribution in [1.82, 2.24) is 19.7 Å². The van der Waals surface area contributed by atoms with Crippen LogP contribution in [0.5, 0.6) is 0 Å². The van der Waals surface area contributed by atoms with Crippen molar-refractivity contribution in [2.75, 3.05) is 13.7 Å². The van der Waals surface area contributed by atoms with E-state index in [2.05, 4.69) is 15.2 Å². The van der Waals surface area contributed by atoms with Gasteiger partial charge in [-0.1, -0.05) is 0 Å². The number of hydrogen-bond donors (Lipinski definition) is 1. The predicted octanol–water partition coefficient (Wildman–Crippen LogP) is 2.02. The monoisotopic (exact) mass is 256 g/mol. The van der Waals surface area contributed by atoms with Crippen LogP contribution in [-0.2, 0) is 11.3 Å². The Balaban J connectivity index is 2.37. The highest BCUT2D eigenvalue weighted by molar-refractivity contribution is 7.71. The second kappa shape index (κ2) is 4.86. The van der Waals surface area contributed by atoms with E-state index in [4.69, 9.17) is 17.0 Å². The zero-order valence-corrected chi connectivity index (χ0v) is 10.7. The Morgan fingerprint density at radius 3 is 3.06 bits per heavy atom. The minimum atomic E-state index is 0.609. The summed E-state index contributed by atoms with van der Waals surface area (Å²) < 4.78 is 7.58. The van der Waals surface area contributed by atoms with Crippen LogP contribution in [0.4, 0.5) is 0 Å². The minimum absolute atomic E-state index is 0.609. The highest BCUT2D eigenvalue weighted by atomic mass is 32.1. The van der Waals surface area contributed by atoms with Crippen LogP contribution in [-0.4, -0.2) is 33.5 Å². The van der Waals surface area contributed by atoms with E-state index in [1.54, 1.807) is 18.4 Å². The average Bonchev–Trinajstić information content (AvgIpc) is 2.82. The second-order valence-corrected chi connectivity index (χ2v) is 4.86. The SMILES string of the molecule is COCCn1c(-c2cnc(C)s2)n[nH]c1=S. The number of ether oxygens (including phenoxy) is 1. The first kappa shape index (κ1) is 11.4. The van der Waals surface area contributed by atoms with Gasteiger partial charge >= 0.3 is 0 Å². The van der Waals surface area contributed by atoms with Gasteiger partial charge in [-0.25, -0.2) is 4.98 Å². The normalized spacial score (nSPS) is 10.9. The summed E-state index contributed by atoms with van der Waals surface area (Å²) in [7, 11) is 1.67. The lowest BCUT2D eigenvalue weighted by atomic mass is 10.5. The number of aromatic amines is 1. The molecule has 0 fully saturated rings. The van der Waals surface area contributed by atoms with Crippen molar-refractivity contribution in [2.45, 2.75) is 13.5 Å². The Hall–Kier alpha value is -1.05. The number of nitrogens with zero attached hydrogens (tertiary/aromatic N) is 3. The topological polar surface area (TPSA) is 55.7 Å². The summed E-state index contributed by atoms with van der Waals surface area (Å²) >= 11 is 6.77. The van der Waals surface area contributed by atoms with Crippen molar-refractivity contribution in [3.8, 4) is 10.7 Å². The number of hydrogen-bond acceptors (Lipinski definition) is 5. The molecular weight excluding hydrogens is 244 g/mol. The number of methoxy groups -OCH3 is 1. The van der Waals surface area contributed by atoms with E-state index in [0.717, 1.165) is 15.7 Å². The Morgan fingerprint density at radius 1 is 1.62 bits per heavy atom. The molecule has 2 aromatic rings. The largest absolute Gasteiger partial charge is 0.383 e. The summed E-state index contributed by atoms with van der Waals surface area (Å²) in [6.07, 6.45) is 1.81. The van der Waals surface area contributed by atoms with Crippen LogP contribution in [0.15, 0.2) is 6.20 Å². The molecule has 0 unspecified atom stereocenters. The average molecular weight is 256 g/mol. The number of thiazole rings is 1. The Labute approximate surface area is 102 Å². The molecule has 2 aromatic heterocycles. The summed E-state index contributed by atoms with van der Waals surface area (Å²) in [4.78, 5) is 5.22. The van der Waals surface area contributed by atoms with Gasteiger partial charge in [-0.3, -0.25) is 9.67 Å². The molecular formula is C9H12N4OS2. The fraction of sp³-hybridized carbons (Fsp3) is 0.444. The van der Waals surface area contributed by atoms with Gasteiger partial charge in [0.15, 0.2) is 10.6 Å². The summed E-state index contributed by atoms with van der Waals surface area (Å²) in [5.41, 5.74) is 0. The molecule has 1 N–H and O–H groups in total. The molecule has 0 aromatic carbocycles. The van der Waals surface area contributed by atoms with Gasteiger partial charge in [0.25, 0.3) is 0 Å². The molecule has 0 aliphatic heterocycles. The van der Waals surface area contributed by atoms with Crippen molar-refractivity contribution < 1.29 is 4.74 Å². The van der Waals surface area contributed by atoms with Crippen LogP contribution in [0, 0.1) is 11.7 Å². The third-order valence-electron chi connectivity index (χ3n) is 2.12. The van der Waals surface area contributed by atoms with Crippen LogP contribution in [0.1, 0.15) is 5.01 Å². The molecule has 0 amide bonds. The van der Waals surface area contributed by atoms with Crippen molar-refractivity contribution in [3.05, 3.63) is 16.0 Å². The lowest BCUT2D eigenvalue weighted by Gasteiger charge is -2.03. The van der Waals surface area contributed by atoms with Gasteiger partial charge in [0, 0.05) is 13.3 Å². The number of rotatable bonds is 4. The number of H-pyrrole nitrogens is 1. The van der Waals surface area contributed by atoms with E-state index in [1.165, 1.54) is 0 Å². The van der Waals surface area contributed by atoms with Crippen LogP contribution in [0.2, 0.25) is 0 Å². The van der Waals surface area contributed by atoms with E-state index >= 15 is 0 Å². The lowest BCUT2D eigenvalue weighted by molar-refractivity contribution is 0.187. The molecule has 5 nitrogen and oxygen atoms in total. The molecule has 7 heteroatoms. The fourth-order valence-corrected chi connectivity index (χ4v) is 2.36. The van der Waals surface area contributed by atoms with Gasteiger partial charge in [0.1, 0.15) is 0 Å². The molecule has 0 saturated carbocycles. The predicted molar refractivity (Wildman–Crippen MR) is 65.1 cm³/mol. The van der Waals surface area contributed by atoms with E-state index in [0.29, 0.717) is 17.9 Å². The maximum atomic E-state index is 5.17. The number of aromatic nitrogens is 4. The third-order valence-corrected chi connectivity index (χ3v) is 3.34. The van der Waals surface area contributed by atoms with E-state index in [-0.39, 0.29) is 0 Å². The van der Waals surface area contributed by atoms with Crippen molar-refractivity contribution in [2.24, 2.45) is 0 Å². The molecule has 0 radical (unpaired) electrons. The van der Waals surface area contributed by atoms with Gasteiger partial charge in [0.2, 0.25) is 0 Å². The smallest absolute Gasteiger partial charge is 0.195 e. The Morgan fingerprint density at radius 2 is 2.44 bits per heavy atom. The second-order valence-electron chi connectivity index (χ2n) is 3.24. The maximum absolute atomic E-state index is 5.17. The van der Waals surface area contributed by atoms with Crippen LogP contribution in [0.3, 0.4) is 0 Å². The zero-order valence-electron chi connectivity index (χ0n) is 9.06. The first-order chi connectivity index (χ1) is 7.72. The molecule has 2 rings (SSSR count). The third kappa shape index (κ3) is 2.21. The molecule has 0 aliphatic rings. The standard InChI is InChI=1S/C9H12N4OS2/c1-6-10-5-7(16-6)8-11-12-9(15)13(8)3-4-14-2/h5H,3-4H2,1-2H3,(H,12,15). The summed E-state index contributed by atoms with van der Waals surface area (Å²) in [5, 5.41) is 8.02. The highest BCUT2D eigenvalue weighted by Gasteiger charge is 2.10.